The van der Waals surface area contributed by atoms with Crippen molar-refractivity contribution in [1.29, 1.82) is 0 Å². The Labute approximate surface area is 122 Å². The van der Waals surface area contributed by atoms with Crippen LogP contribution in [0.4, 0.5) is 4.39 Å². The SMILES string of the molecule is CC(CN)CNC(=O)c1cn(Cc2cccc(F)c2)nn1. The molecule has 112 valence electrons. The molecule has 2 aromatic rings. The van der Waals surface area contributed by atoms with Gasteiger partial charge >= 0.3 is 0 Å². The first-order valence-corrected chi connectivity index (χ1v) is 6.71. The van der Waals surface area contributed by atoms with Gasteiger partial charge in [-0.25, -0.2) is 9.07 Å². The van der Waals surface area contributed by atoms with Crippen molar-refractivity contribution in [3.8, 4) is 0 Å². The third-order valence-corrected chi connectivity index (χ3v) is 3.02. The van der Waals surface area contributed by atoms with Gasteiger partial charge in [-0.1, -0.05) is 24.3 Å². The van der Waals surface area contributed by atoms with Gasteiger partial charge in [-0.3, -0.25) is 4.79 Å². The molecule has 1 heterocycles. The molecule has 6 nitrogen and oxygen atoms in total. The number of amides is 1. The fourth-order valence-electron chi connectivity index (χ4n) is 1.74. The number of hydrogen-bond donors (Lipinski definition) is 2. The van der Waals surface area contributed by atoms with Crippen molar-refractivity contribution < 1.29 is 9.18 Å². The van der Waals surface area contributed by atoms with E-state index >= 15 is 0 Å². The number of nitrogens with two attached hydrogens (primary N) is 1. The van der Waals surface area contributed by atoms with Gasteiger partial charge in [0.1, 0.15) is 5.82 Å². The maximum Gasteiger partial charge on any atom is 0.273 e. The van der Waals surface area contributed by atoms with Crippen LogP contribution in [0.25, 0.3) is 0 Å². The molecule has 1 unspecified atom stereocenters. The summed E-state index contributed by atoms with van der Waals surface area (Å²) in [6.45, 7) is 3.30. The zero-order valence-corrected chi connectivity index (χ0v) is 11.8. The number of aromatic nitrogens is 3. The molecule has 7 heteroatoms. The van der Waals surface area contributed by atoms with Gasteiger partial charge in [0.15, 0.2) is 5.69 Å². The lowest BCUT2D eigenvalue weighted by atomic mass is 10.2. The third-order valence-electron chi connectivity index (χ3n) is 3.02. The minimum Gasteiger partial charge on any atom is -0.350 e. The molecule has 1 aromatic carbocycles. The van der Waals surface area contributed by atoms with Crippen molar-refractivity contribution in [2.24, 2.45) is 11.7 Å². The standard InChI is InChI=1S/C14H18FN5O/c1-10(6-16)7-17-14(21)13-9-20(19-18-13)8-11-3-2-4-12(15)5-11/h2-5,9-10H,6-8,16H2,1H3,(H,17,21). The molecule has 0 fully saturated rings. The highest BCUT2D eigenvalue weighted by atomic mass is 19.1. The number of hydrogen-bond acceptors (Lipinski definition) is 4. The largest absolute Gasteiger partial charge is 0.350 e. The molecule has 0 bridgehead atoms. The molecule has 1 atom stereocenters. The summed E-state index contributed by atoms with van der Waals surface area (Å²) in [5.41, 5.74) is 6.47. The Morgan fingerprint density at radius 3 is 3.05 bits per heavy atom. The summed E-state index contributed by atoms with van der Waals surface area (Å²) in [4.78, 5) is 11.9. The van der Waals surface area contributed by atoms with Gasteiger partial charge in [0.05, 0.1) is 12.7 Å². The van der Waals surface area contributed by atoms with Crippen LogP contribution < -0.4 is 11.1 Å². The summed E-state index contributed by atoms with van der Waals surface area (Å²) in [5.74, 6) is -0.390. The van der Waals surface area contributed by atoms with Crippen LogP contribution >= 0.6 is 0 Å². The summed E-state index contributed by atoms with van der Waals surface area (Å²) in [7, 11) is 0. The Hall–Kier alpha value is -2.28. The lowest BCUT2D eigenvalue weighted by Crippen LogP contribution is -2.31. The first-order valence-electron chi connectivity index (χ1n) is 6.71. The smallest absolute Gasteiger partial charge is 0.273 e. The number of benzene rings is 1. The van der Waals surface area contributed by atoms with Gasteiger partial charge in [-0.05, 0) is 30.2 Å². The van der Waals surface area contributed by atoms with E-state index in [9.17, 15) is 9.18 Å². The number of carbonyl (C=O) groups excluding carboxylic acids is 1. The van der Waals surface area contributed by atoms with Crippen LogP contribution in [0.15, 0.2) is 30.5 Å². The van der Waals surface area contributed by atoms with Crippen LogP contribution in [0.3, 0.4) is 0 Å². The monoisotopic (exact) mass is 291 g/mol. The number of carbonyl (C=O) groups is 1. The van der Waals surface area contributed by atoms with Crippen LogP contribution in [0.1, 0.15) is 23.0 Å². The maximum absolute atomic E-state index is 13.1. The molecule has 0 aliphatic carbocycles. The van der Waals surface area contributed by atoms with Crippen LogP contribution in [-0.2, 0) is 6.54 Å². The summed E-state index contributed by atoms with van der Waals surface area (Å²) in [6.07, 6.45) is 1.54. The number of rotatable bonds is 6. The average Bonchev–Trinajstić information content (AvgIpc) is 2.93. The first kappa shape index (κ1) is 15.1. The summed E-state index contributed by atoms with van der Waals surface area (Å²) < 4.78 is 14.6. The minimum atomic E-state index is -0.304. The molecular weight excluding hydrogens is 273 g/mol. The highest BCUT2D eigenvalue weighted by molar-refractivity contribution is 5.91. The lowest BCUT2D eigenvalue weighted by Gasteiger charge is -2.08. The van der Waals surface area contributed by atoms with Crippen molar-refractivity contribution in [2.45, 2.75) is 13.5 Å². The number of halogens is 1. The highest BCUT2D eigenvalue weighted by Crippen LogP contribution is 2.05. The van der Waals surface area contributed by atoms with Crippen LogP contribution in [-0.4, -0.2) is 34.0 Å². The molecule has 3 N–H and O–H groups in total. The minimum absolute atomic E-state index is 0.205. The topological polar surface area (TPSA) is 85.8 Å². The Bertz CT molecular complexity index is 613. The lowest BCUT2D eigenvalue weighted by molar-refractivity contribution is 0.0943. The van der Waals surface area contributed by atoms with Crippen molar-refractivity contribution in [3.05, 3.63) is 47.5 Å². The molecule has 0 aliphatic heterocycles. The Morgan fingerprint density at radius 1 is 1.52 bits per heavy atom. The van der Waals surface area contributed by atoms with E-state index in [1.807, 2.05) is 6.92 Å². The predicted molar refractivity (Wildman–Crippen MR) is 76.1 cm³/mol. The maximum atomic E-state index is 13.1. The Balaban J connectivity index is 1.96. The van der Waals surface area contributed by atoms with E-state index in [2.05, 4.69) is 15.6 Å². The van der Waals surface area contributed by atoms with Crippen molar-refractivity contribution in [3.63, 3.8) is 0 Å². The fraction of sp³-hybridized carbons (Fsp3) is 0.357. The molecular formula is C14H18FN5O. The van der Waals surface area contributed by atoms with Crippen molar-refractivity contribution >= 4 is 5.91 Å². The van der Waals surface area contributed by atoms with Gasteiger partial charge in [0.25, 0.3) is 5.91 Å². The molecule has 0 saturated carbocycles. The normalized spacial score (nSPS) is 12.1. The molecule has 1 aromatic heterocycles. The van der Waals surface area contributed by atoms with E-state index in [4.69, 9.17) is 5.73 Å². The van der Waals surface area contributed by atoms with E-state index in [-0.39, 0.29) is 23.3 Å². The molecule has 21 heavy (non-hydrogen) atoms. The van der Waals surface area contributed by atoms with Crippen LogP contribution in [0.2, 0.25) is 0 Å². The second-order valence-electron chi connectivity index (χ2n) is 4.98. The molecule has 0 spiro atoms. The second-order valence-corrected chi connectivity index (χ2v) is 4.98. The third kappa shape index (κ3) is 4.35. The average molecular weight is 291 g/mol. The summed E-state index contributed by atoms with van der Waals surface area (Å²) in [5, 5.41) is 10.4. The van der Waals surface area contributed by atoms with E-state index in [1.165, 1.54) is 23.0 Å². The summed E-state index contributed by atoms with van der Waals surface area (Å²) in [6, 6.07) is 6.21. The molecule has 0 radical (unpaired) electrons. The second kappa shape index (κ2) is 6.94. The van der Waals surface area contributed by atoms with Gasteiger partial charge in [-0.2, -0.15) is 0 Å². The molecule has 0 saturated heterocycles. The van der Waals surface area contributed by atoms with E-state index in [0.717, 1.165) is 5.56 Å². The summed E-state index contributed by atoms with van der Waals surface area (Å²) >= 11 is 0. The molecule has 1 amide bonds. The highest BCUT2D eigenvalue weighted by Gasteiger charge is 2.11. The molecule has 2 rings (SSSR count). The van der Waals surface area contributed by atoms with Crippen LogP contribution in [0.5, 0.6) is 0 Å². The Kier molecular flexibility index (Phi) is 4.99. The van der Waals surface area contributed by atoms with Gasteiger partial charge < -0.3 is 11.1 Å². The Morgan fingerprint density at radius 2 is 2.33 bits per heavy atom. The predicted octanol–water partition coefficient (Wildman–Crippen LogP) is 0.790. The zero-order valence-electron chi connectivity index (χ0n) is 11.8. The molecule has 0 aliphatic rings. The van der Waals surface area contributed by atoms with Crippen molar-refractivity contribution in [2.75, 3.05) is 13.1 Å². The van der Waals surface area contributed by atoms with Crippen molar-refractivity contribution in [1.82, 2.24) is 20.3 Å². The van der Waals surface area contributed by atoms with E-state index in [0.29, 0.717) is 19.6 Å². The van der Waals surface area contributed by atoms with Gasteiger partial charge in [0.2, 0.25) is 0 Å². The zero-order chi connectivity index (χ0) is 15.2. The number of nitrogens with one attached hydrogen (secondary N) is 1. The van der Waals surface area contributed by atoms with E-state index < -0.39 is 0 Å². The quantitative estimate of drug-likeness (QED) is 0.824. The van der Waals surface area contributed by atoms with Gasteiger partial charge in [0, 0.05) is 6.54 Å². The fourth-order valence-corrected chi connectivity index (χ4v) is 1.74. The van der Waals surface area contributed by atoms with Gasteiger partial charge in [-0.15, -0.1) is 5.10 Å². The number of nitrogens with zero attached hydrogens (tertiary/aromatic N) is 3. The van der Waals surface area contributed by atoms with Crippen LogP contribution in [0, 0.1) is 11.7 Å². The van der Waals surface area contributed by atoms with E-state index in [1.54, 1.807) is 12.1 Å². The first-order chi connectivity index (χ1) is 10.1.